The number of hydrogen-bond donors (Lipinski definition) is 2. The summed E-state index contributed by atoms with van der Waals surface area (Å²) in [7, 11) is 1.75. The van der Waals surface area contributed by atoms with Gasteiger partial charge in [-0.05, 0) is 30.5 Å². The number of amides is 2. The zero-order valence-electron chi connectivity index (χ0n) is 11.3. The highest BCUT2D eigenvalue weighted by atomic mass is 16.4. The topological polar surface area (TPSA) is 69.6 Å². The van der Waals surface area contributed by atoms with E-state index in [0.717, 1.165) is 18.5 Å². The minimum Gasteiger partial charge on any atom is -0.478 e. The lowest BCUT2D eigenvalue weighted by atomic mass is 10.1. The van der Waals surface area contributed by atoms with Crippen molar-refractivity contribution < 1.29 is 14.7 Å². The van der Waals surface area contributed by atoms with Gasteiger partial charge in [0.1, 0.15) is 0 Å². The third kappa shape index (κ3) is 4.99. The van der Waals surface area contributed by atoms with Crippen LogP contribution in [0, 0.1) is 0 Å². The number of carbonyl (C=O) groups is 2. The minimum atomic E-state index is -0.937. The molecule has 0 aliphatic rings. The quantitative estimate of drug-likeness (QED) is 0.825. The van der Waals surface area contributed by atoms with Gasteiger partial charge in [0.2, 0.25) is 0 Å². The average Bonchev–Trinajstić information content (AvgIpc) is 2.39. The van der Waals surface area contributed by atoms with E-state index in [2.05, 4.69) is 5.32 Å². The molecular weight excluding hydrogens is 244 g/mol. The summed E-state index contributed by atoms with van der Waals surface area (Å²) in [5, 5.41) is 11.7. The highest BCUT2D eigenvalue weighted by Crippen LogP contribution is 2.05. The lowest BCUT2D eigenvalue weighted by molar-refractivity contribution is 0.0696. The molecule has 1 rings (SSSR count). The summed E-state index contributed by atoms with van der Waals surface area (Å²) in [6.45, 7) is 3.23. The maximum Gasteiger partial charge on any atom is 0.335 e. The van der Waals surface area contributed by atoms with E-state index in [9.17, 15) is 9.59 Å². The number of aromatic carboxylic acids is 1. The van der Waals surface area contributed by atoms with Gasteiger partial charge >= 0.3 is 12.0 Å². The van der Waals surface area contributed by atoms with Crippen LogP contribution in [0.4, 0.5) is 4.79 Å². The summed E-state index contributed by atoms with van der Waals surface area (Å²) in [6, 6.07) is 6.65. The summed E-state index contributed by atoms with van der Waals surface area (Å²) in [4.78, 5) is 24.1. The van der Waals surface area contributed by atoms with Gasteiger partial charge in [-0.2, -0.15) is 0 Å². The number of carboxylic acid groups (broad SMARTS) is 1. The molecule has 0 aliphatic carbocycles. The van der Waals surface area contributed by atoms with Crippen LogP contribution in [0.3, 0.4) is 0 Å². The van der Waals surface area contributed by atoms with E-state index in [0.29, 0.717) is 13.0 Å². The van der Waals surface area contributed by atoms with Crippen LogP contribution in [0.15, 0.2) is 24.3 Å². The molecule has 1 aromatic rings. The van der Waals surface area contributed by atoms with Crippen molar-refractivity contribution in [1.29, 1.82) is 0 Å². The van der Waals surface area contributed by atoms with Gasteiger partial charge in [-0.15, -0.1) is 0 Å². The second kappa shape index (κ2) is 7.41. The Morgan fingerprint density at radius 2 is 2.11 bits per heavy atom. The SMILES string of the molecule is CCCN(C)C(=O)NCCc1cccc(C(=O)O)c1. The molecule has 1 aromatic carbocycles. The molecule has 0 aromatic heterocycles. The molecular formula is C14H20N2O3. The maximum absolute atomic E-state index is 11.6. The van der Waals surface area contributed by atoms with Crippen molar-refractivity contribution in [3.63, 3.8) is 0 Å². The lowest BCUT2D eigenvalue weighted by Gasteiger charge is -2.16. The highest BCUT2D eigenvalue weighted by Gasteiger charge is 2.07. The Bertz CT molecular complexity index is 446. The third-order valence-electron chi connectivity index (χ3n) is 2.77. The van der Waals surface area contributed by atoms with E-state index >= 15 is 0 Å². The molecule has 104 valence electrons. The van der Waals surface area contributed by atoms with Crippen molar-refractivity contribution in [1.82, 2.24) is 10.2 Å². The van der Waals surface area contributed by atoms with E-state index in [-0.39, 0.29) is 11.6 Å². The van der Waals surface area contributed by atoms with E-state index in [1.165, 1.54) is 0 Å². The Balaban J connectivity index is 2.43. The number of nitrogens with zero attached hydrogens (tertiary/aromatic N) is 1. The van der Waals surface area contributed by atoms with Crippen LogP contribution >= 0.6 is 0 Å². The van der Waals surface area contributed by atoms with Crippen LogP contribution in [0.5, 0.6) is 0 Å². The monoisotopic (exact) mass is 264 g/mol. The third-order valence-corrected chi connectivity index (χ3v) is 2.77. The fourth-order valence-electron chi connectivity index (χ4n) is 1.75. The summed E-state index contributed by atoms with van der Waals surface area (Å²) in [5.41, 5.74) is 1.17. The van der Waals surface area contributed by atoms with E-state index in [1.807, 2.05) is 13.0 Å². The molecule has 0 atom stereocenters. The minimum absolute atomic E-state index is 0.101. The molecule has 2 amide bonds. The van der Waals surface area contributed by atoms with Crippen LogP contribution in [0.1, 0.15) is 29.3 Å². The van der Waals surface area contributed by atoms with Gasteiger partial charge in [-0.1, -0.05) is 19.1 Å². The number of rotatable bonds is 6. The summed E-state index contributed by atoms with van der Waals surface area (Å²) in [6.07, 6.45) is 1.54. The molecule has 0 heterocycles. The summed E-state index contributed by atoms with van der Waals surface area (Å²) in [5.74, 6) is -0.937. The number of carbonyl (C=O) groups excluding carboxylic acids is 1. The van der Waals surface area contributed by atoms with Crippen LogP contribution in [0.2, 0.25) is 0 Å². The Hall–Kier alpha value is -2.04. The van der Waals surface area contributed by atoms with Crippen molar-refractivity contribution >= 4 is 12.0 Å². The zero-order valence-corrected chi connectivity index (χ0v) is 11.3. The Morgan fingerprint density at radius 1 is 1.37 bits per heavy atom. The van der Waals surface area contributed by atoms with Crippen molar-refractivity contribution in [3.8, 4) is 0 Å². The molecule has 5 nitrogen and oxygen atoms in total. The first-order valence-electron chi connectivity index (χ1n) is 6.35. The highest BCUT2D eigenvalue weighted by molar-refractivity contribution is 5.87. The molecule has 0 bridgehead atoms. The van der Waals surface area contributed by atoms with Crippen LogP contribution in [-0.2, 0) is 6.42 Å². The maximum atomic E-state index is 11.6. The number of hydrogen-bond acceptors (Lipinski definition) is 2. The van der Waals surface area contributed by atoms with Crippen molar-refractivity contribution in [2.24, 2.45) is 0 Å². The van der Waals surface area contributed by atoms with Gasteiger partial charge in [0.25, 0.3) is 0 Å². The summed E-state index contributed by atoms with van der Waals surface area (Å²) < 4.78 is 0. The van der Waals surface area contributed by atoms with Gasteiger partial charge in [0, 0.05) is 20.1 Å². The largest absolute Gasteiger partial charge is 0.478 e. The number of urea groups is 1. The second-order valence-corrected chi connectivity index (χ2v) is 4.41. The fourth-order valence-corrected chi connectivity index (χ4v) is 1.75. The van der Waals surface area contributed by atoms with Gasteiger partial charge < -0.3 is 15.3 Å². The van der Waals surface area contributed by atoms with E-state index in [1.54, 1.807) is 30.1 Å². The Labute approximate surface area is 113 Å². The van der Waals surface area contributed by atoms with E-state index < -0.39 is 5.97 Å². The first kappa shape index (κ1) is 15.0. The molecule has 19 heavy (non-hydrogen) atoms. The first-order chi connectivity index (χ1) is 9.04. The zero-order chi connectivity index (χ0) is 14.3. The van der Waals surface area contributed by atoms with Gasteiger partial charge in [0.15, 0.2) is 0 Å². The fraction of sp³-hybridized carbons (Fsp3) is 0.429. The molecule has 0 saturated heterocycles. The first-order valence-corrected chi connectivity index (χ1v) is 6.35. The molecule has 0 spiro atoms. The Morgan fingerprint density at radius 3 is 2.74 bits per heavy atom. The number of carboxylic acids is 1. The van der Waals surface area contributed by atoms with E-state index in [4.69, 9.17) is 5.11 Å². The molecule has 0 radical (unpaired) electrons. The number of benzene rings is 1. The van der Waals surface area contributed by atoms with Crippen LogP contribution in [-0.4, -0.2) is 42.1 Å². The smallest absolute Gasteiger partial charge is 0.335 e. The molecule has 0 fully saturated rings. The lowest BCUT2D eigenvalue weighted by Crippen LogP contribution is -2.38. The van der Waals surface area contributed by atoms with Crippen LogP contribution < -0.4 is 5.32 Å². The van der Waals surface area contributed by atoms with Gasteiger partial charge in [0.05, 0.1) is 5.56 Å². The van der Waals surface area contributed by atoms with Crippen molar-refractivity contribution in [2.75, 3.05) is 20.1 Å². The molecule has 5 heteroatoms. The molecule has 0 unspecified atom stereocenters. The van der Waals surface area contributed by atoms with Gasteiger partial charge in [-0.25, -0.2) is 9.59 Å². The Kier molecular flexibility index (Phi) is 5.85. The average molecular weight is 264 g/mol. The molecule has 0 aliphatic heterocycles. The van der Waals surface area contributed by atoms with Crippen molar-refractivity contribution in [2.45, 2.75) is 19.8 Å². The van der Waals surface area contributed by atoms with Crippen molar-refractivity contribution in [3.05, 3.63) is 35.4 Å². The van der Waals surface area contributed by atoms with Crippen LogP contribution in [0.25, 0.3) is 0 Å². The number of nitrogens with one attached hydrogen (secondary N) is 1. The predicted molar refractivity (Wildman–Crippen MR) is 73.4 cm³/mol. The second-order valence-electron chi connectivity index (χ2n) is 4.41. The predicted octanol–water partition coefficient (Wildman–Crippen LogP) is 1.98. The normalized spacial score (nSPS) is 10.0. The standard InChI is InChI=1S/C14H20N2O3/c1-3-9-16(2)14(19)15-8-7-11-5-4-6-12(10-11)13(17)18/h4-6,10H,3,7-9H2,1-2H3,(H,15,19)(H,17,18). The molecule has 2 N–H and O–H groups in total. The summed E-state index contributed by atoms with van der Waals surface area (Å²) >= 11 is 0. The van der Waals surface area contributed by atoms with Gasteiger partial charge in [-0.3, -0.25) is 0 Å². The molecule has 0 saturated carbocycles.